The van der Waals surface area contributed by atoms with Crippen LogP contribution in [0.15, 0.2) is 89.6 Å². The molecule has 4 aromatic heterocycles. The van der Waals surface area contributed by atoms with E-state index in [0.717, 1.165) is 22.1 Å². The number of ether oxygens (including phenoxy) is 3. The van der Waals surface area contributed by atoms with Crippen LogP contribution in [0.2, 0.25) is 0 Å². The summed E-state index contributed by atoms with van der Waals surface area (Å²) in [7, 11) is 3.17. The SMILES string of the molecule is COc1cc(OCc2cccc(CC(=O)c3cnc(-c4ccccc4)nc3C)c2)c2cc(-c3cn4nc(OC)sc4n3)oc2c1. The molecule has 0 fully saturated rings. The molecule has 0 N–H and O–H groups in total. The van der Waals surface area contributed by atoms with Crippen molar-refractivity contribution in [3.8, 4) is 39.5 Å². The van der Waals surface area contributed by atoms with Gasteiger partial charge in [0.25, 0.3) is 5.19 Å². The standard InChI is InChI=1S/C34H27N5O5S/c1-20-26(17-35-32(36-20)23-10-5-4-6-11-23)28(40)13-21-8-7-9-22(12-21)19-43-29-14-24(41-2)15-30-25(29)16-31(44-30)27-18-39-33(37-27)45-34(38-39)42-3/h4-12,14-18H,13,19H2,1-3H3. The van der Waals surface area contributed by atoms with E-state index in [2.05, 4.69) is 20.1 Å². The van der Waals surface area contributed by atoms with E-state index >= 15 is 0 Å². The second-order valence-electron chi connectivity index (χ2n) is 10.3. The Morgan fingerprint density at radius 2 is 1.80 bits per heavy atom. The number of hydrogen-bond donors (Lipinski definition) is 0. The summed E-state index contributed by atoms with van der Waals surface area (Å²) >= 11 is 1.34. The number of hydrogen-bond acceptors (Lipinski definition) is 10. The highest BCUT2D eigenvalue weighted by atomic mass is 32.1. The Balaban J connectivity index is 1.08. The van der Waals surface area contributed by atoms with Gasteiger partial charge in [-0.2, -0.15) is 0 Å². The van der Waals surface area contributed by atoms with Crippen LogP contribution in [-0.2, 0) is 13.0 Å². The Bertz CT molecular complexity index is 2140. The van der Waals surface area contributed by atoms with Crippen LogP contribution in [0.5, 0.6) is 16.7 Å². The molecule has 0 bridgehead atoms. The van der Waals surface area contributed by atoms with Crippen LogP contribution >= 0.6 is 11.3 Å². The molecule has 0 saturated carbocycles. The van der Waals surface area contributed by atoms with Gasteiger partial charge in [-0.05, 0) is 35.5 Å². The molecule has 0 aliphatic heterocycles. The van der Waals surface area contributed by atoms with Crippen molar-refractivity contribution < 1.29 is 23.4 Å². The van der Waals surface area contributed by atoms with E-state index in [1.807, 2.05) is 79.7 Å². The zero-order valence-electron chi connectivity index (χ0n) is 24.7. The Hall–Kier alpha value is -5.55. The number of aryl methyl sites for hydroxylation is 1. The van der Waals surface area contributed by atoms with E-state index in [4.69, 9.17) is 18.6 Å². The minimum absolute atomic E-state index is 0.0431. The van der Waals surface area contributed by atoms with Crippen molar-refractivity contribution in [2.24, 2.45) is 0 Å². The predicted molar refractivity (Wildman–Crippen MR) is 170 cm³/mol. The number of rotatable bonds is 10. The first-order chi connectivity index (χ1) is 22.0. The summed E-state index contributed by atoms with van der Waals surface area (Å²) in [5.41, 5.74) is 5.12. The zero-order chi connectivity index (χ0) is 30.9. The highest BCUT2D eigenvalue weighted by Gasteiger charge is 2.18. The minimum atomic E-state index is -0.0431. The van der Waals surface area contributed by atoms with Crippen LogP contribution in [0.3, 0.4) is 0 Å². The van der Waals surface area contributed by atoms with Crippen molar-refractivity contribution in [2.45, 2.75) is 20.0 Å². The van der Waals surface area contributed by atoms with E-state index < -0.39 is 0 Å². The number of Topliss-reactive ketones (excluding diaryl/α,β-unsaturated/α-hetero) is 1. The largest absolute Gasteiger partial charge is 0.496 e. The molecule has 0 aliphatic carbocycles. The number of imidazole rings is 1. The third kappa shape index (κ3) is 5.73. The molecule has 10 nitrogen and oxygen atoms in total. The van der Waals surface area contributed by atoms with Gasteiger partial charge in [0.15, 0.2) is 17.4 Å². The van der Waals surface area contributed by atoms with E-state index in [9.17, 15) is 4.79 Å². The molecule has 0 aliphatic rings. The molecule has 0 radical (unpaired) electrons. The Morgan fingerprint density at radius 1 is 0.956 bits per heavy atom. The number of nitrogens with zero attached hydrogens (tertiary/aromatic N) is 5. The molecule has 0 unspecified atom stereocenters. The lowest BCUT2D eigenvalue weighted by atomic mass is 10.0. The quantitative estimate of drug-likeness (QED) is 0.150. The summed E-state index contributed by atoms with van der Waals surface area (Å²) < 4.78 is 24.8. The number of furan rings is 1. The molecule has 0 spiro atoms. The molecule has 3 aromatic carbocycles. The summed E-state index contributed by atoms with van der Waals surface area (Å²) in [5, 5.41) is 5.65. The van der Waals surface area contributed by atoms with Crippen LogP contribution < -0.4 is 14.2 Å². The van der Waals surface area contributed by atoms with Gasteiger partial charge in [0, 0.05) is 30.3 Å². The van der Waals surface area contributed by atoms with Crippen molar-refractivity contribution in [1.82, 2.24) is 24.6 Å². The topological polar surface area (TPSA) is 114 Å². The molecule has 4 heterocycles. The van der Waals surface area contributed by atoms with Gasteiger partial charge in [0.05, 0.1) is 37.1 Å². The highest BCUT2D eigenvalue weighted by Crippen LogP contribution is 2.37. The number of methoxy groups -OCH3 is 2. The first kappa shape index (κ1) is 28.2. The van der Waals surface area contributed by atoms with E-state index in [0.29, 0.717) is 55.8 Å². The summed E-state index contributed by atoms with van der Waals surface area (Å²) in [6.45, 7) is 2.12. The summed E-state index contributed by atoms with van der Waals surface area (Å²) in [5.74, 6) is 2.34. The normalized spacial score (nSPS) is 11.3. The number of ketones is 1. The fourth-order valence-corrected chi connectivity index (χ4v) is 5.77. The zero-order valence-corrected chi connectivity index (χ0v) is 25.5. The molecule has 45 heavy (non-hydrogen) atoms. The lowest BCUT2D eigenvalue weighted by molar-refractivity contribution is 0.0991. The van der Waals surface area contributed by atoms with E-state index in [1.54, 1.807) is 31.1 Å². The molecule has 0 amide bonds. The lowest BCUT2D eigenvalue weighted by Crippen LogP contribution is -2.09. The van der Waals surface area contributed by atoms with Gasteiger partial charge in [-0.15, -0.1) is 5.10 Å². The van der Waals surface area contributed by atoms with Crippen molar-refractivity contribution in [3.05, 3.63) is 108 Å². The third-order valence-corrected chi connectivity index (χ3v) is 8.21. The van der Waals surface area contributed by atoms with Crippen LogP contribution in [0.4, 0.5) is 0 Å². The van der Waals surface area contributed by atoms with Gasteiger partial charge >= 0.3 is 0 Å². The number of carbonyl (C=O) groups is 1. The molecular weight excluding hydrogens is 590 g/mol. The van der Waals surface area contributed by atoms with Crippen LogP contribution in [-0.4, -0.2) is 44.6 Å². The minimum Gasteiger partial charge on any atom is -0.496 e. The van der Waals surface area contributed by atoms with Crippen molar-refractivity contribution in [3.63, 3.8) is 0 Å². The first-order valence-corrected chi connectivity index (χ1v) is 14.9. The predicted octanol–water partition coefficient (Wildman–Crippen LogP) is 6.99. The molecule has 0 atom stereocenters. The Kier molecular flexibility index (Phi) is 7.44. The highest BCUT2D eigenvalue weighted by molar-refractivity contribution is 7.18. The number of carbonyl (C=O) groups excluding carboxylic acids is 1. The Labute approximate surface area is 261 Å². The molecule has 7 rings (SSSR count). The number of fused-ring (bicyclic) bond motifs is 2. The number of benzene rings is 3. The molecular formula is C34H27N5O5S. The van der Waals surface area contributed by atoms with Gasteiger partial charge in [0.1, 0.15) is 29.4 Å². The average molecular weight is 618 g/mol. The first-order valence-electron chi connectivity index (χ1n) is 14.1. The summed E-state index contributed by atoms with van der Waals surface area (Å²) in [6, 6.07) is 23.1. The molecule has 11 heteroatoms. The van der Waals surface area contributed by atoms with Crippen LogP contribution in [0.1, 0.15) is 27.2 Å². The lowest BCUT2D eigenvalue weighted by Gasteiger charge is -2.11. The van der Waals surface area contributed by atoms with Crippen LogP contribution in [0.25, 0.3) is 38.8 Å². The van der Waals surface area contributed by atoms with Gasteiger partial charge in [-0.1, -0.05) is 54.6 Å². The fourth-order valence-electron chi connectivity index (χ4n) is 5.07. The molecule has 7 aromatic rings. The van der Waals surface area contributed by atoms with Crippen molar-refractivity contribution in [2.75, 3.05) is 14.2 Å². The van der Waals surface area contributed by atoms with Gasteiger partial charge in [-0.25, -0.2) is 19.5 Å². The summed E-state index contributed by atoms with van der Waals surface area (Å²) in [6.07, 6.45) is 3.63. The van der Waals surface area contributed by atoms with E-state index in [1.165, 1.54) is 11.3 Å². The van der Waals surface area contributed by atoms with Gasteiger partial charge in [-0.3, -0.25) is 4.79 Å². The third-order valence-electron chi connectivity index (χ3n) is 7.32. The smallest absolute Gasteiger partial charge is 0.294 e. The Morgan fingerprint density at radius 3 is 2.58 bits per heavy atom. The maximum absolute atomic E-state index is 13.2. The maximum atomic E-state index is 13.2. The van der Waals surface area contributed by atoms with Crippen molar-refractivity contribution >= 4 is 33.1 Å². The molecule has 224 valence electrons. The van der Waals surface area contributed by atoms with E-state index in [-0.39, 0.29) is 18.8 Å². The average Bonchev–Trinajstić information content (AvgIpc) is 3.77. The van der Waals surface area contributed by atoms with Crippen molar-refractivity contribution in [1.29, 1.82) is 0 Å². The maximum Gasteiger partial charge on any atom is 0.294 e. The second kappa shape index (κ2) is 11.9. The van der Waals surface area contributed by atoms with Gasteiger partial charge in [0.2, 0.25) is 4.96 Å². The monoisotopic (exact) mass is 617 g/mol. The van der Waals surface area contributed by atoms with Gasteiger partial charge < -0.3 is 18.6 Å². The molecule has 0 saturated heterocycles. The second-order valence-corrected chi connectivity index (χ2v) is 11.3. The number of aromatic nitrogens is 5. The fraction of sp³-hybridized carbons (Fsp3) is 0.147. The van der Waals surface area contributed by atoms with Crippen LogP contribution in [0, 0.1) is 6.92 Å². The summed E-state index contributed by atoms with van der Waals surface area (Å²) in [4.78, 5) is 27.6.